The third kappa shape index (κ3) is 4.44. The topological polar surface area (TPSA) is 34.1 Å². The van der Waals surface area contributed by atoms with Crippen molar-refractivity contribution in [2.45, 2.75) is 12.5 Å². The standard InChI is InChI=1S/C19H20N2O.ClH/c1-20-11-10-19(15-5-3-2-4-6-15)22-18-8-7-17-14-21-12-9-16(17)13-18;/h2-9,12-14,19-20H,10-11H2,1H3;1H/t19-;/m0./s1. The van der Waals surface area contributed by atoms with E-state index in [2.05, 4.69) is 46.7 Å². The molecule has 4 heteroatoms. The number of aromatic nitrogens is 1. The molecule has 3 aromatic rings. The van der Waals surface area contributed by atoms with Gasteiger partial charge in [0.15, 0.2) is 0 Å². The molecule has 0 aliphatic carbocycles. The maximum atomic E-state index is 6.25. The fourth-order valence-electron chi connectivity index (χ4n) is 2.54. The number of nitrogens with zero attached hydrogens (tertiary/aromatic N) is 1. The first-order valence-electron chi connectivity index (χ1n) is 7.57. The Hall–Kier alpha value is -2.10. The lowest BCUT2D eigenvalue weighted by Gasteiger charge is -2.20. The smallest absolute Gasteiger partial charge is 0.125 e. The van der Waals surface area contributed by atoms with Gasteiger partial charge in [-0.15, -0.1) is 12.4 Å². The molecule has 0 saturated heterocycles. The molecule has 2 aromatic carbocycles. The van der Waals surface area contributed by atoms with Gasteiger partial charge < -0.3 is 10.1 Å². The minimum atomic E-state index is 0. The van der Waals surface area contributed by atoms with Gasteiger partial charge in [0.05, 0.1) is 0 Å². The Morgan fingerprint density at radius 2 is 1.87 bits per heavy atom. The van der Waals surface area contributed by atoms with Gasteiger partial charge in [0.1, 0.15) is 11.9 Å². The fraction of sp³-hybridized carbons (Fsp3) is 0.211. The van der Waals surface area contributed by atoms with Crippen LogP contribution in [0, 0.1) is 0 Å². The van der Waals surface area contributed by atoms with Gasteiger partial charge in [-0.05, 0) is 48.8 Å². The lowest BCUT2D eigenvalue weighted by Crippen LogP contribution is -2.16. The van der Waals surface area contributed by atoms with Crippen LogP contribution >= 0.6 is 12.4 Å². The molecule has 0 bridgehead atoms. The molecule has 1 N–H and O–H groups in total. The first-order chi connectivity index (χ1) is 10.9. The van der Waals surface area contributed by atoms with Crippen LogP contribution in [-0.4, -0.2) is 18.6 Å². The van der Waals surface area contributed by atoms with Crippen molar-refractivity contribution >= 4 is 23.2 Å². The average Bonchev–Trinajstić information content (AvgIpc) is 2.59. The van der Waals surface area contributed by atoms with Gasteiger partial charge in [-0.3, -0.25) is 4.98 Å². The molecule has 3 nitrogen and oxygen atoms in total. The van der Waals surface area contributed by atoms with Crippen LogP contribution in [0.3, 0.4) is 0 Å². The highest BCUT2D eigenvalue weighted by Crippen LogP contribution is 2.27. The normalized spacial score (nSPS) is 11.7. The van der Waals surface area contributed by atoms with Gasteiger partial charge in [0, 0.05) is 24.2 Å². The molecule has 0 fully saturated rings. The molecule has 0 spiro atoms. The Balaban J connectivity index is 0.00000192. The molecule has 120 valence electrons. The molecule has 1 heterocycles. The van der Waals surface area contributed by atoms with Crippen molar-refractivity contribution in [2.24, 2.45) is 0 Å². The van der Waals surface area contributed by atoms with Crippen LogP contribution in [0.1, 0.15) is 18.1 Å². The zero-order valence-electron chi connectivity index (χ0n) is 13.1. The van der Waals surface area contributed by atoms with E-state index in [4.69, 9.17) is 4.74 Å². The summed E-state index contributed by atoms with van der Waals surface area (Å²) in [5, 5.41) is 5.47. The van der Waals surface area contributed by atoms with E-state index in [1.165, 1.54) is 5.56 Å². The Morgan fingerprint density at radius 3 is 2.65 bits per heavy atom. The molecule has 23 heavy (non-hydrogen) atoms. The van der Waals surface area contributed by atoms with Crippen LogP contribution in [0.5, 0.6) is 5.75 Å². The highest BCUT2D eigenvalue weighted by atomic mass is 35.5. The highest BCUT2D eigenvalue weighted by molar-refractivity contribution is 5.85. The van der Waals surface area contributed by atoms with Gasteiger partial charge in [-0.1, -0.05) is 30.3 Å². The Morgan fingerprint density at radius 1 is 1.04 bits per heavy atom. The number of hydrogen-bond donors (Lipinski definition) is 1. The monoisotopic (exact) mass is 328 g/mol. The highest BCUT2D eigenvalue weighted by Gasteiger charge is 2.13. The molecule has 1 atom stereocenters. The molecule has 3 rings (SSSR count). The third-order valence-corrected chi connectivity index (χ3v) is 3.72. The van der Waals surface area contributed by atoms with Crippen molar-refractivity contribution in [1.82, 2.24) is 10.3 Å². The van der Waals surface area contributed by atoms with Crippen molar-refractivity contribution in [3.8, 4) is 5.75 Å². The van der Waals surface area contributed by atoms with E-state index in [0.29, 0.717) is 0 Å². The van der Waals surface area contributed by atoms with Crippen molar-refractivity contribution in [1.29, 1.82) is 0 Å². The van der Waals surface area contributed by atoms with E-state index in [0.717, 1.165) is 29.5 Å². The van der Waals surface area contributed by atoms with E-state index >= 15 is 0 Å². The number of hydrogen-bond acceptors (Lipinski definition) is 3. The molecule has 0 saturated carbocycles. The zero-order chi connectivity index (χ0) is 15.2. The summed E-state index contributed by atoms with van der Waals surface area (Å²) < 4.78 is 6.25. The van der Waals surface area contributed by atoms with E-state index in [1.54, 1.807) is 0 Å². The van der Waals surface area contributed by atoms with E-state index < -0.39 is 0 Å². The second-order valence-corrected chi connectivity index (χ2v) is 5.29. The van der Waals surface area contributed by atoms with Crippen LogP contribution < -0.4 is 10.1 Å². The van der Waals surface area contributed by atoms with Gasteiger partial charge >= 0.3 is 0 Å². The summed E-state index contributed by atoms with van der Waals surface area (Å²) in [4.78, 5) is 4.14. The second kappa shape index (κ2) is 8.51. The van der Waals surface area contributed by atoms with Crippen LogP contribution in [0.4, 0.5) is 0 Å². The van der Waals surface area contributed by atoms with Crippen molar-refractivity contribution in [2.75, 3.05) is 13.6 Å². The fourth-order valence-corrected chi connectivity index (χ4v) is 2.54. The third-order valence-electron chi connectivity index (χ3n) is 3.72. The molecule has 0 amide bonds. The maximum absolute atomic E-state index is 6.25. The summed E-state index contributed by atoms with van der Waals surface area (Å²) in [6, 6.07) is 18.5. The van der Waals surface area contributed by atoms with Crippen LogP contribution in [0.25, 0.3) is 10.8 Å². The SMILES string of the molecule is CNCC[C@H](Oc1ccc2cnccc2c1)c1ccccc1.Cl. The number of benzene rings is 2. The summed E-state index contributed by atoms with van der Waals surface area (Å²) in [7, 11) is 1.96. The quantitative estimate of drug-likeness (QED) is 0.729. The predicted octanol–water partition coefficient (Wildman–Crippen LogP) is 4.39. The lowest BCUT2D eigenvalue weighted by atomic mass is 10.1. The Bertz CT molecular complexity index is 734. The molecule has 1 aromatic heterocycles. The first kappa shape index (κ1) is 17.3. The summed E-state index contributed by atoms with van der Waals surface area (Å²) in [5.41, 5.74) is 1.20. The maximum Gasteiger partial charge on any atom is 0.125 e. The summed E-state index contributed by atoms with van der Waals surface area (Å²) in [6.07, 6.45) is 4.65. The van der Waals surface area contributed by atoms with E-state index in [9.17, 15) is 0 Å². The Kier molecular flexibility index (Phi) is 6.39. The summed E-state index contributed by atoms with van der Waals surface area (Å²) in [5.74, 6) is 0.892. The van der Waals surface area contributed by atoms with Crippen LogP contribution in [0.15, 0.2) is 67.0 Å². The van der Waals surface area contributed by atoms with E-state index in [-0.39, 0.29) is 18.5 Å². The number of rotatable bonds is 6. The largest absolute Gasteiger partial charge is 0.486 e. The minimum absolute atomic E-state index is 0. The Labute approximate surface area is 143 Å². The lowest BCUT2D eigenvalue weighted by molar-refractivity contribution is 0.195. The molecule has 0 radical (unpaired) electrons. The number of nitrogens with one attached hydrogen (secondary N) is 1. The number of ether oxygens (including phenoxy) is 1. The molecular formula is C19H21ClN2O. The molecule has 0 aliphatic rings. The number of fused-ring (bicyclic) bond motifs is 1. The minimum Gasteiger partial charge on any atom is -0.486 e. The van der Waals surface area contributed by atoms with Crippen LogP contribution in [-0.2, 0) is 0 Å². The molecule has 0 unspecified atom stereocenters. The predicted molar refractivity (Wildman–Crippen MR) is 97.3 cm³/mol. The first-order valence-corrected chi connectivity index (χ1v) is 7.57. The van der Waals surface area contributed by atoms with Gasteiger partial charge in [-0.2, -0.15) is 0 Å². The van der Waals surface area contributed by atoms with Crippen molar-refractivity contribution in [3.05, 3.63) is 72.6 Å². The second-order valence-electron chi connectivity index (χ2n) is 5.29. The van der Waals surface area contributed by atoms with Gasteiger partial charge in [0.2, 0.25) is 0 Å². The number of pyridine rings is 1. The molecule has 0 aliphatic heterocycles. The van der Waals surface area contributed by atoms with Crippen molar-refractivity contribution in [3.63, 3.8) is 0 Å². The summed E-state index contributed by atoms with van der Waals surface area (Å²) in [6.45, 7) is 0.914. The zero-order valence-corrected chi connectivity index (χ0v) is 13.9. The average molecular weight is 329 g/mol. The number of halogens is 1. The van der Waals surface area contributed by atoms with Gasteiger partial charge in [0.25, 0.3) is 0 Å². The summed E-state index contributed by atoms with van der Waals surface area (Å²) >= 11 is 0. The van der Waals surface area contributed by atoms with Crippen LogP contribution in [0.2, 0.25) is 0 Å². The molecular weight excluding hydrogens is 308 g/mol. The van der Waals surface area contributed by atoms with Gasteiger partial charge in [-0.25, -0.2) is 0 Å². The van der Waals surface area contributed by atoms with E-state index in [1.807, 2.05) is 37.6 Å². The van der Waals surface area contributed by atoms with Crippen molar-refractivity contribution < 1.29 is 4.74 Å².